The van der Waals surface area contributed by atoms with Crippen molar-refractivity contribution in [1.82, 2.24) is 20.2 Å². The molecule has 7 nitrogen and oxygen atoms in total. The standard InChI is InChI=1S/C22H25N5O2S/c1-14-6-11-18(15(2)12-14)27-21(24-25-26-27)30-13-19(28)16-7-9-17(10-8-16)23-20(29)22(3,4)5/h6-12H,13H2,1-5H3,(H,23,29). The molecule has 0 aliphatic carbocycles. The van der Waals surface area contributed by atoms with Gasteiger partial charge in [0.1, 0.15) is 0 Å². The fourth-order valence-corrected chi connectivity index (χ4v) is 3.51. The first-order valence-corrected chi connectivity index (χ1v) is 10.6. The second kappa shape index (κ2) is 8.79. The van der Waals surface area contributed by atoms with Gasteiger partial charge in [-0.2, -0.15) is 4.68 Å². The number of carbonyl (C=O) groups is 2. The summed E-state index contributed by atoms with van der Waals surface area (Å²) in [6.07, 6.45) is 0. The summed E-state index contributed by atoms with van der Waals surface area (Å²) in [6.45, 7) is 9.59. The van der Waals surface area contributed by atoms with Crippen LogP contribution < -0.4 is 5.32 Å². The lowest BCUT2D eigenvalue weighted by molar-refractivity contribution is -0.123. The van der Waals surface area contributed by atoms with Crippen LogP contribution in [0.5, 0.6) is 0 Å². The number of anilines is 1. The van der Waals surface area contributed by atoms with Gasteiger partial charge in [-0.1, -0.05) is 50.2 Å². The summed E-state index contributed by atoms with van der Waals surface area (Å²) in [5.74, 6) is 0.0955. The lowest BCUT2D eigenvalue weighted by Gasteiger charge is -2.17. The van der Waals surface area contributed by atoms with Crippen molar-refractivity contribution in [2.45, 2.75) is 39.8 Å². The monoisotopic (exact) mass is 423 g/mol. The highest BCUT2D eigenvalue weighted by molar-refractivity contribution is 7.99. The van der Waals surface area contributed by atoms with Gasteiger partial charge < -0.3 is 5.32 Å². The SMILES string of the molecule is Cc1ccc(-n2nnnc2SCC(=O)c2ccc(NC(=O)C(C)(C)C)cc2)c(C)c1. The number of tetrazole rings is 1. The predicted molar refractivity (Wildman–Crippen MR) is 118 cm³/mol. The molecule has 3 rings (SSSR count). The van der Waals surface area contributed by atoms with Crippen molar-refractivity contribution in [2.24, 2.45) is 5.41 Å². The van der Waals surface area contributed by atoms with Crippen LogP contribution in [-0.4, -0.2) is 37.7 Å². The number of amides is 1. The summed E-state index contributed by atoms with van der Waals surface area (Å²) in [7, 11) is 0. The van der Waals surface area contributed by atoms with Crippen molar-refractivity contribution in [3.8, 4) is 5.69 Å². The molecule has 0 bridgehead atoms. The first-order valence-electron chi connectivity index (χ1n) is 9.58. The van der Waals surface area contributed by atoms with E-state index in [1.807, 2.05) is 46.8 Å². The van der Waals surface area contributed by atoms with Gasteiger partial charge in [-0.15, -0.1) is 5.10 Å². The van der Waals surface area contributed by atoms with Crippen LogP contribution in [0, 0.1) is 19.3 Å². The average molecular weight is 424 g/mol. The Morgan fingerprint density at radius 2 is 1.77 bits per heavy atom. The Hall–Kier alpha value is -3.00. The number of rotatable bonds is 6. The molecule has 1 amide bonds. The maximum absolute atomic E-state index is 12.6. The minimum absolute atomic E-state index is 0.0381. The van der Waals surface area contributed by atoms with Crippen molar-refractivity contribution >= 4 is 29.1 Å². The minimum Gasteiger partial charge on any atom is -0.326 e. The quantitative estimate of drug-likeness (QED) is 0.471. The Bertz CT molecular complexity index is 1070. The predicted octanol–water partition coefficient (Wildman–Crippen LogP) is 4.24. The summed E-state index contributed by atoms with van der Waals surface area (Å²) in [5.41, 5.74) is 3.86. The highest BCUT2D eigenvalue weighted by Crippen LogP contribution is 2.23. The molecule has 1 N–H and O–H groups in total. The lowest BCUT2D eigenvalue weighted by atomic mass is 9.95. The molecule has 8 heteroatoms. The van der Waals surface area contributed by atoms with Gasteiger partial charge in [0.15, 0.2) is 5.78 Å². The van der Waals surface area contributed by atoms with Crippen molar-refractivity contribution in [3.05, 3.63) is 59.2 Å². The number of nitrogens with zero attached hydrogens (tertiary/aromatic N) is 4. The van der Waals surface area contributed by atoms with Gasteiger partial charge >= 0.3 is 0 Å². The Balaban J connectivity index is 1.66. The fraction of sp³-hybridized carbons (Fsp3) is 0.318. The van der Waals surface area contributed by atoms with Crippen LogP contribution in [0.3, 0.4) is 0 Å². The maximum atomic E-state index is 12.6. The van der Waals surface area contributed by atoms with E-state index in [9.17, 15) is 9.59 Å². The van der Waals surface area contributed by atoms with Crippen LogP contribution in [0.4, 0.5) is 5.69 Å². The second-order valence-electron chi connectivity index (χ2n) is 8.16. The van der Waals surface area contributed by atoms with Gasteiger partial charge in [0.2, 0.25) is 11.1 Å². The zero-order valence-corrected chi connectivity index (χ0v) is 18.6. The highest BCUT2D eigenvalue weighted by atomic mass is 32.2. The molecule has 0 radical (unpaired) electrons. The molecule has 0 saturated heterocycles. The number of Topliss-reactive ketones (excluding diaryl/α,β-unsaturated/α-hetero) is 1. The van der Waals surface area contributed by atoms with E-state index in [2.05, 4.69) is 26.9 Å². The number of thioether (sulfide) groups is 1. The zero-order chi connectivity index (χ0) is 21.9. The normalized spacial score (nSPS) is 11.4. The molecule has 0 unspecified atom stereocenters. The molecule has 0 saturated carbocycles. The summed E-state index contributed by atoms with van der Waals surface area (Å²) in [6, 6.07) is 12.9. The van der Waals surface area contributed by atoms with Crippen LogP contribution >= 0.6 is 11.8 Å². The van der Waals surface area contributed by atoms with E-state index in [0.717, 1.165) is 16.8 Å². The van der Waals surface area contributed by atoms with E-state index in [1.165, 1.54) is 11.8 Å². The Labute approximate surface area is 180 Å². The number of hydrogen-bond donors (Lipinski definition) is 1. The van der Waals surface area contributed by atoms with Gasteiger partial charge in [-0.05, 0) is 60.2 Å². The molecule has 1 heterocycles. The molecule has 3 aromatic rings. The van der Waals surface area contributed by atoms with Crippen molar-refractivity contribution in [1.29, 1.82) is 0 Å². The Kier molecular flexibility index (Phi) is 6.36. The average Bonchev–Trinajstić information content (AvgIpc) is 3.14. The molecule has 2 aromatic carbocycles. The lowest BCUT2D eigenvalue weighted by Crippen LogP contribution is -2.27. The first-order chi connectivity index (χ1) is 14.1. The van der Waals surface area contributed by atoms with Gasteiger partial charge in [-0.3, -0.25) is 9.59 Å². The van der Waals surface area contributed by atoms with Gasteiger partial charge in [0, 0.05) is 16.7 Å². The number of ketones is 1. The van der Waals surface area contributed by atoms with Gasteiger partial charge in [0.05, 0.1) is 11.4 Å². The second-order valence-corrected chi connectivity index (χ2v) is 9.10. The third kappa shape index (κ3) is 5.13. The van der Waals surface area contributed by atoms with Gasteiger partial charge in [-0.25, -0.2) is 0 Å². The summed E-state index contributed by atoms with van der Waals surface area (Å²) in [4.78, 5) is 24.7. The van der Waals surface area contributed by atoms with E-state index < -0.39 is 5.41 Å². The molecule has 30 heavy (non-hydrogen) atoms. The number of aromatic nitrogens is 4. The molecule has 0 atom stereocenters. The van der Waals surface area contributed by atoms with Crippen molar-refractivity contribution in [3.63, 3.8) is 0 Å². The van der Waals surface area contributed by atoms with E-state index >= 15 is 0 Å². The van der Waals surface area contributed by atoms with Crippen LogP contribution in [0.25, 0.3) is 5.69 Å². The molecular formula is C22H25N5O2S. The van der Waals surface area contributed by atoms with Crippen LogP contribution in [0.2, 0.25) is 0 Å². The Morgan fingerprint density at radius 3 is 2.40 bits per heavy atom. The number of nitrogens with one attached hydrogen (secondary N) is 1. The molecule has 0 fully saturated rings. The zero-order valence-electron chi connectivity index (χ0n) is 17.8. The van der Waals surface area contributed by atoms with Crippen LogP contribution in [0.1, 0.15) is 42.3 Å². The summed E-state index contributed by atoms with van der Waals surface area (Å²) >= 11 is 1.29. The van der Waals surface area contributed by atoms with Crippen molar-refractivity contribution in [2.75, 3.05) is 11.1 Å². The molecule has 1 aromatic heterocycles. The summed E-state index contributed by atoms with van der Waals surface area (Å²) in [5, 5.41) is 15.3. The fourth-order valence-electron chi connectivity index (χ4n) is 2.73. The van der Waals surface area contributed by atoms with Gasteiger partial charge in [0.25, 0.3) is 0 Å². The van der Waals surface area contributed by atoms with Crippen LogP contribution in [-0.2, 0) is 4.79 Å². The molecule has 156 valence electrons. The van der Waals surface area contributed by atoms with Crippen molar-refractivity contribution < 1.29 is 9.59 Å². The maximum Gasteiger partial charge on any atom is 0.229 e. The molecular weight excluding hydrogens is 398 g/mol. The molecule has 0 spiro atoms. The Morgan fingerprint density at radius 1 is 1.07 bits per heavy atom. The number of aryl methyl sites for hydroxylation is 2. The molecule has 0 aliphatic rings. The van der Waals surface area contributed by atoms with E-state index in [0.29, 0.717) is 16.4 Å². The highest BCUT2D eigenvalue weighted by Gasteiger charge is 2.21. The van der Waals surface area contributed by atoms with E-state index in [-0.39, 0.29) is 17.4 Å². The largest absolute Gasteiger partial charge is 0.326 e. The number of hydrogen-bond acceptors (Lipinski definition) is 6. The summed E-state index contributed by atoms with van der Waals surface area (Å²) < 4.78 is 1.65. The minimum atomic E-state index is -0.481. The van der Waals surface area contributed by atoms with E-state index in [4.69, 9.17) is 0 Å². The third-order valence-electron chi connectivity index (χ3n) is 4.50. The molecule has 0 aliphatic heterocycles. The third-order valence-corrected chi connectivity index (χ3v) is 5.42. The number of carbonyl (C=O) groups excluding carboxylic acids is 2. The van der Waals surface area contributed by atoms with E-state index in [1.54, 1.807) is 28.9 Å². The van der Waals surface area contributed by atoms with Crippen LogP contribution in [0.15, 0.2) is 47.6 Å². The first kappa shape index (κ1) is 21.7. The number of benzene rings is 2. The topological polar surface area (TPSA) is 89.8 Å². The smallest absolute Gasteiger partial charge is 0.229 e.